The lowest BCUT2D eigenvalue weighted by molar-refractivity contribution is -0.187. The van der Waals surface area contributed by atoms with Gasteiger partial charge in [-0.25, -0.2) is 0 Å². The van der Waals surface area contributed by atoms with E-state index in [9.17, 15) is 9.59 Å². The molecule has 1 radical (unpaired) electrons. The average Bonchev–Trinajstić information content (AvgIpc) is 3.00. The van der Waals surface area contributed by atoms with Gasteiger partial charge < -0.3 is 9.47 Å². The Labute approximate surface area is 269 Å². The van der Waals surface area contributed by atoms with Crippen LogP contribution < -0.4 is 0 Å². The maximum Gasteiger partial charge on any atom is 0.308 e. The van der Waals surface area contributed by atoms with Crippen molar-refractivity contribution in [3.8, 4) is 0 Å². The Balaban J connectivity index is 3.50. The summed E-state index contributed by atoms with van der Waals surface area (Å²) in [5.74, 6) is -0.550. The summed E-state index contributed by atoms with van der Waals surface area (Å²) >= 11 is 0. The van der Waals surface area contributed by atoms with Crippen LogP contribution in [-0.2, 0) is 19.1 Å². The molecule has 0 aliphatic heterocycles. The molecule has 4 heteroatoms. The maximum absolute atomic E-state index is 12.2. The lowest BCUT2D eigenvalue weighted by atomic mass is 10.0. The number of ether oxygens (including phenoxy) is 2. The third-order valence-corrected chi connectivity index (χ3v) is 8.73. The molecule has 0 rings (SSSR count). The second-order valence-electron chi connectivity index (χ2n) is 13.1. The van der Waals surface area contributed by atoms with Gasteiger partial charge in [-0.15, -0.1) is 0 Å². The van der Waals surface area contributed by atoms with Gasteiger partial charge >= 0.3 is 11.9 Å². The van der Waals surface area contributed by atoms with Crippen molar-refractivity contribution in [1.82, 2.24) is 0 Å². The average molecular weight is 608 g/mol. The van der Waals surface area contributed by atoms with Crippen LogP contribution in [0.1, 0.15) is 226 Å². The van der Waals surface area contributed by atoms with Gasteiger partial charge in [-0.3, -0.25) is 9.59 Å². The highest BCUT2D eigenvalue weighted by Gasteiger charge is 2.16. The van der Waals surface area contributed by atoms with E-state index in [1.807, 2.05) is 0 Å². The van der Waals surface area contributed by atoms with Crippen molar-refractivity contribution in [2.24, 2.45) is 0 Å². The minimum Gasteiger partial charge on any atom is -0.425 e. The number of hydrogen-bond acceptors (Lipinski definition) is 4. The van der Waals surface area contributed by atoms with Gasteiger partial charge in [-0.05, 0) is 19.8 Å². The second kappa shape index (κ2) is 35.4. The van der Waals surface area contributed by atoms with Crippen molar-refractivity contribution in [2.45, 2.75) is 232 Å². The molecular weight excluding hydrogens is 532 g/mol. The van der Waals surface area contributed by atoms with E-state index in [1.165, 1.54) is 167 Å². The van der Waals surface area contributed by atoms with Crippen LogP contribution in [0, 0.1) is 6.92 Å². The van der Waals surface area contributed by atoms with E-state index < -0.39 is 6.29 Å². The highest BCUT2D eigenvalue weighted by atomic mass is 16.7. The lowest BCUT2D eigenvalue weighted by Crippen LogP contribution is -2.24. The molecule has 0 unspecified atom stereocenters. The number of hydrogen-bond donors (Lipinski definition) is 0. The Morgan fingerprint density at radius 1 is 0.395 bits per heavy atom. The van der Waals surface area contributed by atoms with Crippen LogP contribution in [0.15, 0.2) is 0 Å². The molecule has 0 aliphatic rings. The molecule has 0 spiro atoms. The van der Waals surface area contributed by atoms with Crippen molar-refractivity contribution in [3.05, 3.63) is 6.92 Å². The van der Waals surface area contributed by atoms with E-state index in [0.29, 0.717) is 12.8 Å². The first-order valence-electron chi connectivity index (χ1n) is 19.3. The van der Waals surface area contributed by atoms with Crippen LogP contribution in [0.4, 0.5) is 0 Å². The summed E-state index contributed by atoms with van der Waals surface area (Å²) in [5, 5.41) is 0. The molecule has 0 saturated heterocycles. The van der Waals surface area contributed by atoms with Gasteiger partial charge in [0, 0.05) is 19.3 Å². The first-order valence-corrected chi connectivity index (χ1v) is 19.3. The first kappa shape index (κ1) is 41.9. The monoisotopic (exact) mass is 608 g/mol. The molecular formula is C39H75O4. The number of carbonyl (C=O) groups is 2. The largest absolute Gasteiger partial charge is 0.425 e. The highest BCUT2D eigenvalue weighted by molar-refractivity contribution is 5.71. The molecule has 255 valence electrons. The van der Waals surface area contributed by atoms with Gasteiger partial charge in [0.1, 0.15) is 0 Å². The zero-order valence-corrected chi connectivity index (χ0v) is 29.3. The van der Waals surface area contributed by atoms with Crippen LogP contribution in [0.5, 0.6) is 0 Å². The normalized spacial score (nSPS) is 11.3. The van der Waals surface area contributed by atoms with Crippen LogP contribution in [0.25, 0.3) is 0 Å². The molecule has 0 amide bonds. The predicted octanol–water partition coefficient (Wildman–Crippen LogP) is 13.1. The van der Waals surface area contributed by atoms with Gasteiger partial charge in [0.2, 0.25) is 6.29 Å². The Hall–Kier alpha value is -1.06. The first-order chi connectivity index (χ1) is 21.1. The Morgan fingerprint density at radius 3 is 0.814 bits per heavy atom. The van der Waals surface area contributed by atoms with E-state index in [-0.39, 0.29) is 18.4 Å². The molecule has 0 aromatic rings. The molecule has 43 heavy (non-hydrogen) atoms. The van der Waals surface area contributed by atoms with E-state index in [0.717, 1.165) is 25.7 Å². The van der Waals surface area contributed by atoms with Crippen LogP contribution >= 0.6 is 0 Å². The Bertz CT molecular complexity index is 528. The fourth-order valence-electron chi connectivity index (χ4n) is 5.83. The van der Waals surface area contributed by atoms with Crippen LogP contribution in [0.3, 0.4) is 0 Å². The van der Waals surface area contributed by atoms with Crippen molar-refractivity contribution in [3.63, 3.8) is 0 Å². The van der Waals surface area contributed by atoms with Crippen molar-refractivity contribution in [2.75, 3.05) is 0 Å². The summed E-state index contributed by atoms with van der Waals surface area (Å²) in [6.45, 7) is 8.34. The second-order valence-corrected chi connectivity index (χ2v) is 13.1. The Morgan fingerprint density at radius 2 is 0.605 bits per heavy atom. The van der Waals surface area contributed by atoms with Gasteiger partial charge in [0.25, 0.3) is 0 Å². The minimum absolute atomic E-state index is 0.259. The molecule has 0 bridgehead atoms. The zero-order valence-electron chi connectivity index (χ0n) is 29.3. The molecule has 0 fully saturated rings. The molecule has 0 aromatic heterocycles. The summed E-state index contributed by atoms with van der Waals surface area (Å²) in [6, 6.07) is 0. The lowest BCUT2D eigenvalue weighted by Gasteiger charge is -2.16. The summed E-state index contributed by atoms with van der Waals surface area (Å²) in [6.07, 6.45) is 39.2. The molecule has 4 nitrogen and oxygen atoms in total. The topological polar surface area (TPSA) is 52.6 Å². The van der Waals surface area contributed by atoms with Gasteiger partial charge in [-0.1, -0.05) is 194 Å². The standard InChI is InChI=1S/C39H75O4/c1-4-7-9-11-13-15-17-19-21-23-25-27-29-31-33-35-37(40)42-39(6-3)43-38(41)36-34-32-30-28-26-24-22-20-18-16-14-12-10-8-5-2/h39H,3-36H2,1-2H3. The van der Waals surface area contributed by atoms with Gasteiger partial charge in [0.05, 0.1) is 0 Å². The molecule has 0 atom stereocenters. The number of rotatable bonds is 35. The molecule has 0 N–H and O–H groups in total. The molecule has 0 heterocycles. The zero-order chi connectivity index (χ0) is 31.5. The van der Waals surface area contributed by atoms with Gasteiger partial charge in [-0.2, -0.15) is 0 Å². The third kappa shape index (κ3) is 33.7. The fourth-order valence-corrected chi connectivity index (χ4v) is 5.83. The molecule has 0 aromatic carbocycles. The van der Waals surface area contributed by atoms with Crippen molar-refractivity contribution >= 4 is 11.9 Å². The van der Waals surface area contributed by atoms with E-state index in [1.54, 1.807) is 0 Å². The summed E-state index contributed by atoms with van der Waals surface area (Å²) in [4.78, 5) is 24.4. The van der Waals surface area contributed by atoms with E-state index in [2.05, 4.69) is 20.8 Å². The molecule has 0 aliphatic carbocycles. The van der Waals surface area contributed by atoms with Crippen molar-refractivity contribution in [1.29, 1.82) is 0 Å². The summed E-state index contributed by atoms with van der Waals surface area (Å²) in [5.41, 5.74) is 0. The minimum atomic E-state index is -0.840. The number of carbonyl (C=O) groups excluding carboxylic acids is 2. The fraction of sp³-hybridized carbons (Fsp3) is 0.923. The summed E-state index contributed by atoms with van der Waals surface area (Å²) < 4.78 is 10.7. The van der Waals surface area contributed by atoms with Crippen LogP contribution in [0.2, 0.25) is 0 Å². The van der Waals surface area contributed by atoms with Crippen molar-refractivity contribution < 1.29 is 19.1 Å². The van der Waals surface area contributed by atoms with Crippen LogP contribution in [-0.4, -0.2) is 18.2 Å². The van der Waals surface area contributed by atoms with E-state index >= 15 is 0 Å². The SMILES string of the molecule is [CH2]CC(OC(=O)CCCCCCCCCCCCCCCCC)OC(=O)CCCCCCCCCCCCCCCCC. The molecule has 0 saturated carbocycles. The summed E-state index contributed by atoms with van der Waals surface area (Å²) in [7, 11) is 0. The predicted molar refractivity (Wildman–Crippen MR) is 185 cm³/mol. The smallest absolute Gasteiger partial charge is 0.308 e. The maximum atomic E-state index is 12.2. The quantitative estimate of drug-likeness (QED) is 0.0408. The number of esters is 2. The highest BCUT2D eigenvalue weighted by Crippen LogP contribution is 2.16. The third-order valence-electron chi connectivity index (χ3n) is 8.73. The Kier molecular flexibility index (Phi) is 34.5. The van der Waals surface area contributed by atoms with Gasteiger partial charge in [0.15, 0.2) is 0 Å². The van der Waals surface area contributed by atoms with E-state index in [4.69, 9.17) is 9.47 Å². The number of unbranched alkanes of at least 4 members (excludes halogenated alkanes) is 28.